The van der Waals surface area contributed by atoms with Crippen molar-refractivity contribution in [2.75, 3.05) is 20.3 Å². The molecule has 6 N–H and O–H groups in total. The Bertz CT molecular complexity index is 302. The summed E-state index contributed by atoms with van der Waals surface area (Å²) >= 11 is 0. The van der Waals surface area contributed by atoms with Crippen LogP contribution in [0.4, 0.5) is 0 Å². The van der Waals surface area contributed by atoms with Crippen LogP contribution in [0.5, 0.6) is 5.75 Å². The Morgan fingerprint density at radius 3 is 1.40 bits per heavy atom. The number of aliphatic hydroxyl groups is 2. The van der Waals surface area contributed by atoms with Gasteiger partial charge in [-0.3, -0.25) is 0 Å². The van der Waals surface area contributed by atoms with Crippen molar-refractivity contribution in [1.82, 2.24) is 0 Å². The molecule has 0 spiro atoms. The van der Waals surface area contributed by atoms with Crippen molar-refractivity contribution in [1.29, 1.82) is 0 Å². The van der Waals surface area contributed by atoms with Gasteiger partial charge in [-0.2, -0.15) is 0 Å². The lowest BCUT2D eigenvalue weighted by atomic mass is 9.85. The second kappa shape index (κ2) is 10.6. The Kier molecular flexibility index (Phi) is 11.2. The van der Waals surface area contributed by atoms with E-state index in [-0.39, 0.29) is 24.3 Å². The number of hydrogen-bond acceptors (Lipinski definition) is 5. The minimum Gasteiger partial charge on any atom is -0.497 e. The standard InChI is InChI=1S/C7H8O.C6H16N2.C2H6O2/c1-8-7-5-3-2-4-6-7;1-5(2,7)6(3,4)8;3-1-2-4/h2-6H,1H3;7-8H2,1-4H3;3-4H,1-2H2. The SMILES string of the molecule is CC(C)(N)C(C)(C)N.COc1ccccc1.OCCO. The fraction of sp³-hybridized carbons (Fsp3) is 0.600. The molecule has 5 nitrogen and oxygen atoms in total. The van der Waals surface area contributed by atoms with E-state index in [0.717, 1.165) is 5.75 Å². The second-order valence-corrected chi connectivity index (χ2v) is 5.41. The molecule has 0 fully saturated rings. The van der Waals surface area contributed by atoms with Gasteiger partial charge in [0.25, 0.3) is 0 Å². The third-order valence-corrected chi connectivity index (χ3v) is 2.74. The van der Waals surface area contributed by atoms with Crippen LogP contribution in [0.3, 0.4) is 0 Å². The molecule has 0 unspecified atom stereocenters. The number of para-hydroxylation sites is 1. The summed E-state index contributed by atoms with van der Waals surface area (Å²) in [6, 6.07) is 9.68. The molecule has 20 heavy (non-hydrogen) atoms. The molecule has 1 aromatic rings. The summed E-state index contributed by atoms with van der Waals surface area (Å²) in [6.07, 6.45) is 0. The highest BCUT2D eigenvalue weighted by Gasteiger charge is 2.28. The lowest BCUT2D eigenvalue weighted by Crippen LogP contribution is -2.58. The topological polar surface area (TPSA) is 102 Å². The minimum absolute atomic E-state index is 0.125. The average Bonchev–Trinajstić information content (AvgIpc) is 2.38. The number of ether oxygens (including phenoxy) is 1. The average molecular weight is 286 g/mol. The summed E-state index contributed by atoms with van der Waals surface area (Å²) in [6.45, 7) is 7.44. The normalized spacial score (nSPS) is 10.7. The van der Waals surface area contributed by atoms with Gasteiger partial charge in [0.05, 0.1) is 20.3 Å². The Balaban J connectivity index is 0. The molecular formula is C15H30N2O3. The van der Waals surface area contributed by atoms with Crippen molar-refractivity contribution in [3.63, 3.8) is 0 Å². The van der Waals surface area contributed by atoms with Crippen LogP contribution in [0.25, 0.3) is 0 Å². The van der Waals surface area contributed by atoms with Crippen molar-refractivity contribution >= 4 is 0 Å². The van der Waals surface area contributed by atoms with E-state index < -0.39 is 0 Å². The zero-order valence-electron chi connectivity index (χ0n) is 13.3. The third-order valence-electron chi connectivity index (χ3n) is 2.74. The zero-order chi connectivity index (χ0) is 16.2. The van der Waals surface area contributed by atoms with Gasteiger partial charge in [0.1, 0.15) is 5.75 Å². The fourth-order valence-corrected chi connectivity index (χ4v) is 0.557. The molecule has 1 rings (SSSR count). The van der Waals surface area contributed by atoms with Crippen LogP contribution >= 0.6 is 0 Å². The number of nitrogens with two attached hydrogens (primary N) is 2. The Morgan fingerprint density at radius 1 is 0.900 bits per heavy atom. The minimum atomic E-state index is -0.285. The second-order valence-electron chi connectivity index (χ2n) is 5.41. The summed E-state index contributed by atoms with van der Waals surface area (Å²) < 4.78 is 4.91. The van der Waals surface area contributed by atoms with Crippen molar-refractivity contribution < 1.29 is 14.9 Å². The molecule has 0 atom stereocenters. The predicted molar refractivity (Wildman–Crippen MR) is 83.7 cm³/mol. The van der Waals surface area contributed by atoms with E-state index in [9.17, 15) is 0 Å². The van der Waals surface area contributed by atoms with Gasteiger partial charge >= 0.3 is 0 Å². The summed E-state index contributed by atoms with van der Waals surface area (Å²) in [5.41, 5.74) is 10.8. The van der Waals surface area contributed by atoms with Gasteiger partial charge in [0, 0.05) is 11.1 Å². The maximum Gasteiger partial charge on any atom is 0.118 e. The van der Waals surface area contributed by atoms with Crippen LogP contribution in [-0.4, -0.2) is 41.6 Å². The molecule has 0 heterocycles. The first-order chi connectivity index (χ1) is 9.10. The van der Waals surface area contributed by atoms with Gasteiger partial charge in [-0.15, -0.1) is 0 Å². The molecule has 0 aliphatic rings. The van der Waals surface area contributed by atoms with Crippen LogP contribution < -0.4 is 16.2 Å². The van der Waals surface area contributed by atoms with Gasteiger partial charge in [-0.25, -0.2) is 0 Å². The summed E-state index contributed by atoms with van der Waals surface area (Å²) in [5, 5.41) is 15.2. The maximum atomic E-state index is 7.62. The lowest BCUT2D eigenvalue weighted by Gasteiger charge is -2.34. The third kappa shape index (κ3) is 11.9. The zero-order valence-corrected chi connectivity index (χ0v) is 13.3. The monoisotopic (exact) mass is 286 g/mol. The van der Waals surface area contributed by atoms with Gasteiger partial charge in [0.15, 0.2) is 0 Å². The number of aliphatic hydroxyl groups excluding tert-OH is 2. The van der Waals surface area contributed by atoms with Crippen LogP contribution in [0.2, 0.25) is 0 Å². The first kappa shape index (κ1) is 21.2. The largest absolute Gasteiger partial charge is 0.497 e. The van der Waals surface area contributed by atoms with E-state index in [1.54, 1.807) is 7.11 Å². The Hall–Kier alpha value is -1.14. The highest BCUT2D eigenvalue weighted by molar-refractivity contribution is 5.20. The van der Waals surface area contributed by atoms with Crippen LogP contribution in [0.1, 0.15) is 27.7 Å². The first-order valence-electron chi connectivity index (χ1n) is 6.48. The fourth-order valence-electron chi connectivity index (χ4n) is 0.557. The first-order valence-corrected chi connectivity index (χ1v) is 6.48. The van der Waals surface area contributed by atoms with Gasteiger partial charge < -0.3 is 26.4 Å². The van der Waals surface area contributed by atoms with E-state index in [1.165, 1.54) is 0 Å². The molecule has 0 aromatic heterocycles. The summed E-state index contributed by atoms with van der Waals surface area (Å²) in [4.78, 5) is 0. The Morgan fingerprint density at radius 2 is 1.25 bits per heavy atom. The van der Waals surface area contributed by atoms with Crippen LogP contribution in [0, 0.1) is 0 Å². The molecule has 0 aliphatic carbocycles. The lowest BCUT2D eigenvalue weighted by molar-refractivity contribution is 0.186. The van der Waals surface area contributed by atoms with E-state index in [1.807, 2.05) is 58.0 Å². The van der Waals surface area contributed by atoms with Crippen molar-refractivity contribution in [3.8, 4) is 5.75 Å². The molecule has 0 amide bonds. The molecule has 1 aromatic carbocycles. The number of methoxy groups -OCH3 is 1. The van der Waals surface area contributed by atoms with Gasteiger partial charge in [-0.1, -0.05) is 18.2 Å². The van der Waals surface area contributed by atoms with E-state index >= 15 is 0 Å². The predicted octanol–water partition coefficient (Wildman–Crippen LogP) is 1.13. The van der Waals surface area contributed by atoms with Crippen molar-refractivity contribution in [2.24, 2.45) is 11.5 Å². The number of rotatable bonds is 3. The van der Waals surface area contributed by atoms with Crippen molar-refractivity contribution in [2.45, 2.75) is 38.8 Å². The number of hydrogen-bond donors (Lipinski definition) is 4. The maximum absolute atomic E-state index is 7.62. The molecule has 5 heteroatoms. The molecule has 118 valence electrons. The molecule has 0 saturated carbocycles. The van der Waals surface area contributed by atoms with Crippen LogP contribution in [-0.2, 0) is 0 Å². The van der Waals surface area contributed by atoms with Gasteiger partial charge in [-0.05, 0) is 39.8 Å². The highest BCUT2D eigenvalue weighted by atomic mass is 16.5. The molecule has 0 bridgehead atoms. The molecule has 0 radical (unpaired) electrons. The quantitative estimate of drug-likeness (QED) is 0.667. The molecule has 0 saturated heterocycles. The van der Waals surface area contributed by atoms with E-state index in [0.29, 0.717) is 0 Å². The molecular weight excluding hydrogens is 256 g/mol. The highest BCUT2D eigenvalue weighted by Crippen LogP contribution is 2.13. The van der Waals surface area contributed by atoms with Crippen molar-refractivity contribution in [3.05, 3.63) is 30.3 Å². The van der Waals surface area contributed by atoms with Gasteiger partial charge in [0.2, 0.25) is 0 Å². The smallest absolute Gasteiger partial charge is 0.118 e. The summed E-state index contributed by atoms with van der Waals surface area (Å²) in [7, 11) is 1.66. The number of benzene rings is 1. The van der Waals surface area contributed by atoms with E-state index in [2.05, 4.69) is 0 Å². The van der Waals surface area contributed by atoms with Crippen LogP contribution in [0.15, 0.2) is 30.3 Å². The summed E-state index contributed by atoms with van der Waals surface area (Å²) in [5.74, 6) is 0.910. The molecule has 0 aliphatic heterocycles. The van der Waals surface area contributed by atoms with E-state index in [4.69, 9.17) is 26.4 Å². The Labute approximate surface area is 122 Å².